The number of rotatable bonds is 4. The van der Waals surface area contributed by atoms with Crippen LogP contribution < -0.4 is 10.5 Å². The molecular formula is C10H11ClN2O. The number of unbranched alkanes of at least 4 members (excludes halogenated alkanes) is 1. The van der Waals surface area contributed by atoms with Gasteiger partial charge < -0.3 is 10.5 Å². The average molecular weight is 211 g/mol. The first-order valence-electron chi connectivity index (χ1n) is 4.29. The van der Waals surface area contributed by atoms with Crippen LogP contribution in [0.2, 0.25) is 5.02 Å². The van der Waals surface area contributed by atoms with Gasteiger partial charge in [-0.2, -0.15) is 5.26 Å². The van der Waals surface area contributed by atoms with Crippen LogP contribution in [0.15, 0.2) is 18.2 Å². The second-order valence-corrected chi connectivity index (χ2v) is 3.21. The highest BCUT2D eigenvalue weighted by Crippen LogP contribution is 2.26. The summed E-state index contributed by atoms with van der Waals surface area (Å²) in [5.41, 5.74) is 6.13. The molecular weight excluding hydrogens is 200 g/mol. The third-order valence-corrected chi connectivity index (χ3v) is 1.94. The lowest BCUT2D eigenvalue weighted by Gasteiger charge is -2.06. The van der Waals surface area contributed by atoms with Gasteiger partial charge in [-0.05, 0) is 24.6 Å². The first-order chi connectivity index (χ1) is 6.74. The highest BCUT2D eigenvalue weighted by atomic mass is 35.5. The van der Waals surface area contributed by atoms with E-state index in [2.05, 4.69) is 0 Å². The SMILES string of the molecule is N#CCCCOc1ccc(N)cc1Cl. The van der Waals surface area contributed by atoms with Crippen molar-refractivity contribution in [3.8, 4) is 11.8 Å². The van der Waals surface area contributed by atoms with Gasteiger partial charge >= 0.3 is 0 Å². The predicted octanol–water partition coefficient (Wildman–Crippen LogP) is 2.60. The number of ether oxygens (including phenoxy) is 1. The number of hydrogen-bond donors (Lipinski definition) is 1. The summed E-state index contributed by atoms with van der Waals surface area (Å²) < 4.78 is 5.36. The van der Waals surface area contributed by atoms with Gasteiger partial charge in [0.15, 0.2) is 0 Å². The largest absolute Gasteiger partial charge is 0.492 e. The lowest BCUT2D eigenvalue weighted by molar-refractivity contribution is 0.313. The van der Waals surface area contributed by atoms with Gasteiger partial charge in [-0.25, -0.2) is 0 Å². The molecule has 0 unspecified atom stereocenters. The van der Waals surface area contributed by atoms with E-state index in [1.165, 1.54) is 0 Å². The van der Waals surface area contributed by atoms with Crippen LogP contribution in [0.5, 0.6) is 5.75 Å². The monoisotopic (exact) mass is 210 g/mol. The van der Waals surface area contributed by atoms with Crippen molar-refractivity contribution in [1.29, 1.82) is 5.26 Å². The van der Waals surface area contributed by atoms with E-state index in [0.717, 1.165) is 0 Å². The molecule has 0 saturated carbocycles. The summed E-state index contributed by atoms with van der Waals surface area (Å²) in [7, 11) is 0. The Morgan fingerprint density at radius 3 is 2.93 bits per heavy atom. The van der Waals surface area contributed by atoms with Crippen LogP contribution >= 0.6 is 11.6 Å². The number of nitriles is 1. The molecule has 0 amide bonds. The fraction of sp³-hybridized carbons (Fsp3) is 0.300. The van der Waals surface area contributed by atoms with Gasteiger partial charge in [-0.15, -0.1) is 0 Å². The molecule has 74 valence electrons. The fourth-order valence-electron chi connectivity index (χ4n) is 0.967. The van der Waals surface area contributed by atoms with E-state index in [4.69, 9.17) is 27.3 Å². The van der Waals surface area contributed by atoms with E-state index >= 15 is 0 Å². The maximum Gasteiger partial charge on any atom is 0.138 e. The molecule has 0 atom stereocenters. The Hall–Kier alpha value is -1.40. The van der Waals surface area contributed by atoms with Gasteiger partial charge in [0.25, 0.3) is 0 Å². The zero-order valence-corrected chi connectivity index (χ0v) is 8.42. The van der Waals surface area contributed by atoms with Gasteiger partial charge in [0.05, 0.1) is 17.7 Å². The third-order valence-electron chi connectivity index (χ3n) is 1.65. The van der Waals surface area contributed by atoms with Crippen LogP contribution in [0.3, 0.4) is 0 Å². The Labute approximate surface area is 88.0 Å². The maximum atomic E-state index is 8.31. The minimum atomic E-state index is 0.493. The van der Waals surface area contributed by atoms with Crippen molar-refractivity contribution in [2.45, 2.75) is 12.8 Å². The Morgan fingerprint density at radius 2 is 2.29 bits per heavy atom. The summed E-state index contributed by atoms with van der Waals surface area (Å²) in [6, 6.07) is 7.14. The summed E-state index contributed by atoms with van der Waals surface area (Å²) in [6.45, 7) is 0.497. The molecule has 0 aliphatic rings. The highest BCUT2D eigenvalue weighted by molar-refractivity contribution is 6.32. The van der Waals surface area contributed by atoms with E-state index in [1.54, 1.807) is 18.2 Å². The third kappa shape index (κ3) is 3.15. The number of nitrogens with two attached hydrogens (primary N) is 1. The molecule has 3 nitrogen and oxygen atoms in total. The average Bonchev–Trinajstić information content (AvgIpc) is 2.15. The first kappa shape index (κ1) is 10.7. The lowest BCUT2D eigenvalue weighted by Crippen LogP contribution is -1.97. The highest BCUT2D eigenvalue weighted by Gasteiger charge is 2.00. The van der Waals surface area contributed by atoms with E-state index in [0.29, 0.717) is 35.9 Å². The van der Waals surface area contributed by atoms with Crippen LogP contribution in [0.25, 0.3) is 0 Å². The van der Waals surface area contributed by atoms with E-state index < -0.39 is 0 Å². The number of nitrogens with zero attached hydrogens (tertiary/aromatic N) is 1. The molecule has 14 heavy (non-hydrogen) atoms. The number of hydrogen-bond acceptors (Lipinski definition) is 3. The molecule has 0 saturated heterocycles. The van der Waals surface area contributed by atoms with Gasteiger partial charge in [0.2, 0.25) is 0 Å². The number of benzene rings is 1. The predicted molar refractivity (Wildman–Crippen MR) is 56.2 cm³/mol. The molecule has 0 heterocycles. The summed E-state index contributed by atoms with van der Waals surface area (Å²) in [6.07, 6.45) is 1.20. The molecule has 0 aliphatic carbocycles. The van der Waals surface area contributed by atoms with E-state index in [1.807, 2.05) is 6.07 Å². The van der Waals surface area contributed by atoms with Crippen molar-refractivity contribution in [3.63, 3.8) is 0 Å². The molecule has 1 aromatic carbocycles. The molecule has 1 rings (SSSR count). The fourth-order valence-corrected chi connectivity index (χ4v) is 1.21. The molecule has 1 aromatic rings. The van der Waals surface area contributed by atoms with Crippen LogP contribution in [0, 0.1) is 11.3 Å². The van der Waals surface area contributed by atoms with Crippen molar-refractivity contribution >= 4 is 17.3 Å². The summed E-state index contributed by atoms with van der Waals surface area (Å²) in [5, 5.41) is 8.81. The minimum absolute atomic E-state index is 0.493. The minimum Gasteiger partial charge on any atom is -0.492 e. The van der Waals surface area contributed by atoms with Crippen molar-refractivity contribution in [3.05, 3.63) is 23.2 Å². The number of nitrogen functional groups attached to an aromatic ring is 1. The van der Waals surface area contributed by atoms with Crippen molar-refractivity contribution in [1.82, 2.24) is 0 Å². The molecule has 0 fully saturated rings. The Kier molecular flexibility index (Phi) is 4.09. The van der Waals surface area contributed by atoms with Crippen LogP contribution in [-0.4, -0.2) is 6.61 Å². The molecule has 0 aromatic heterocycles. The van der Waals surface area contributed by atoms with E-state index in [9.17, 15) is 0 Å². The number of halogens is 1. The topological polar surface area (TPSA) is 59.0 Å². The smallest absolute Gasteiger partial charge is 0.138 e. The zero-order valence-electron chi connectivity index (χ0n) is 7.66. The Bertz CT molecular complexity index is 346. The normalized spacial score (nSPS) is 9.43. The summed E-state index contributed by atoms with van der Waals surface area (Å²) in [5.74, 6) is 0.610. The van der Waals surface area contributed by atoms with Gasteiger partial charge in [-0.3, -0.25) is 0 Å². The standard InChI is InChI=1S/C10H11ClN2O/c11-9-7-8(13)3-4-10(9)14-6-2-1-5-12/h3-4,7H,1-2,6,13H2. The van der Waals surface area contributed by atoms with E-state index in [-0.39, 0.29) is 0 Å². The van der Waals surface area contributed by atoms with Crippen LogP contribution in [0.4, 0.5) is 5.69 Å². The lowest BCUT2D eigenvalue weighted by atomic mass is 10.3. The van der Waals surface area contributed by atoms with Gasteiger partial charge in [0, 0.05) is 12.1 Å². The van der Waals surface area contributed by atoms with Crippen molar-refractivity contribution < 1.29 is 4.74 Å². The summed E-state index contributed by atoms with van der Waals surface area (Å²) in [4.78, 5) is 0. The Morgan fingerprint density at radius 1 is 1.50 bits per heavy atom. The van der Waals surface area contributed by atoms with Gasteiger partial charge in [0.1, 0.15) is 5.75 Å². The molecule has 0 aliphatic heterocycles. The Balaban J connectivity index is 2.47. The summed E-state index contributed by atoms with van der Waals surface area (Å²) >= 11 is 5.87. The molecule has 0 radical (unpaired) electrons. The second kappa shape index (κ2) is 5.36. The van der Waals surface area contributed by atoms with Crippen LogP contribution in [0.1, 0.15) is 12.8 Å². The zero-order chi connectivity index (χ0) is 10.4. The second-order valence-electron chi connectivity index (χ2n) is 2.80. The van der Waals surface area contributed by atoms with Crippen molar-refractivity contribution in [2.24, 2.45) is 0 Å². The molecule has 4 heteroatoms. The van der Waals surface area contributed by atoms with Crippen molar-refractivity contribution in [2.75, 3.05) is 12.3 Å². The molecule has 0 spiro atoms. The maximum absolute atomic E-state index is 8.31. The molecule has 0 bridgehead atoms. The molecule has 2 N–H and O–H groups in total. The first-order valence-corrected chi connectivity index (χ1v) is 4.66. The van der Waals surface area contributed by atoms with Crippen LogP contribution in [-0.2, 0) is 0 Å². The quantitative estimate of drug-likeness (QED) is 0.614. The number of anilines is 1. The van der Waals surface area contributed by atoms with Gasteiger partial charge in [-0.1, -0.05) is 11.6 Å².